The fourth-order valence-corrected chi connectivity index (χ4v) is 1.93. The van der Waals surface area contributed by atoms with Gasteiger partial charge in [-0.3, -0.25) is 4.79 Å². The van der Waals surface area contributed by atoms with E-state index in [0.717, 1.165) is 0 Å². The lowest BCUT2D eigenvalue weighted by atomic mass is 9.96. The van der Waals surface area contributed by atoms with Crippen LogP contribution in [0.2, 0.25) is 0 Å². The van der Waals surface area contributed by atoms with Crippen LogP contribution in [-0.2, 0) is 19.1 Å². The van der Waals surface area contributed by atoms with Gasteiger partial charge >= 0.3 is 5.97 Å². The summed E-state index contributed by atoms with van der Waals surface area (Å²) in [6.45, 7) is 1.84. The first kappa shape index (κ1) is 16.8. The highest BCUT2D eigenvalue weighted by atomic mass is 16.6. The number of carbonyl (C=O) groups excluding carboxylic acids is 1. The summed E-state index contributed by atoms with van der Waals surface area (Å²) in [4.78, 5) is 21.9. The Morgan fingerprint density at radius 2 is 2.00 bits per heavy atom. The smallest absolute Gasteiger partial charge is 0.332 e. The molecule has 9 nitrogen and oxygen atoms in total. The largest absolute Gasteiger partial charge is 0.479 e. The molecular formula is C11H19NO8. The van der Waals surface area contributed by atoms with E-state index in [0.29, 0.717) is 0 Å². The van der Waals surface area contributed by atoms with Gasteiger partial charge in [0.15, 0.2) is 12.4 Å². The van der Waals surface area contributed by atoms with E-state index in [1.165, 1.54) is 13.8 Å². The van der Waals surface area contributed by atoms with Crippen LogP contribution < -0.4 is 5.32 Å². The summed E-state index contributed by atoms with van der Waals surface area (Å²) in [5.41, 5.74) is 0. The molecule has 20 heavy (non-hydrogen) atoms. The zero-order valence-electron chi connectivity index (χ0n) is 11.1. The molecule has 1 amide bonds. The van der Waals surface area contributed by atoms with E-state index < -0.39 is 55.2 Å². The van der Waals surface area contributed by atoms with Gasteiger partial charge < -0.3 is 35.2 Å². The number of carboxylic acid groups (broad SMARTS) is 1. The fourth-order valence-electron chi connectivity index (χ4n) is 1.93. The zero-order chi connectivity index (χ0) is 15.4. The summed E-state index contributed by atoms with van der Waals surface area (Å²) < 4.78 is 10.1. The number of rotatable bonds is 5. The molecule has 0 bridgehead atoms. The summed E-state index contributed by atoms with van der Waals surface area (Å²) in [6.07, 6.45) is -6.57. The molecular weight excluding hydrogens is 274 g/mol. The topological polar surface area (TPSA) is 146 Å². The number of ether oxygens (including phenoxy) is 2. The van der Waals surface area contributed by atoms with Crippen molar-refractivity contribution in [1.29, 1.82) is 0 Å². The number of carboxylic acids is 1. The maximum Gasteiger partial charge on any atom is 0.332 e. The number of nitrogens with one attached hydrogen (secondary N) is 1. The highest BCUT2D eigenvalue weighted by Crippen LogP contribution is 2.23. The molecule has 0 aliphatic carbocycles. The van der Waals surface area contributed by atoms with Crippen molar-refractivity contribution in [1.82, 2.24) is 5.32 Å². The van der Waals surface area contributed by atoms with E-state index in [4.69, 9.17) is 19.7 Å². The molecule has 0 saturated carbocycles. The van der Waals surface area contributed by atoms with E-state index in [1.54, 1.807) is 0 Å². The molecule has 1 fully saturated rings. The molecule has 9 heteroatoms. The third-order valence-corrected chi connectivity index (χ3v) is 2.95. The molecule has 5 N–H and O–H groups in total. The Kier molecular flexibility index (Phi) is 5.84. The van der Waals surface area contributed by atoms with Crippen molar-refractivity contribution in [3.8, 4) is 0 Å². The van der Waals surface area contributed by atoms with Crippen molar-refractivity contribution in [2.45, 2.75) is 50.6 Å². The van der Waals surface area contributed by atoms with Gasteiger partial charge in [0, 0.05) is 6.92 Å². The van der Waals surface area contributed by atoms with Gasteiger partial charge in [-0.1, -0.05) is 0 Å². The second-order valence-corrected chi connectivity index (χ2v) is 4.55. The van der Waals surface area contributed by atoms with Gasteiger partial charge in [0.05, 0.1) is 6.61 Å². The second-order valence-electron chi connectivity index (χ2n) is 4.55. The van der Waals surface area contributed by atoms with Crippen LogP contribution in [0.4, 0.5) is 0 Å². The average Bonchev–Trinajstić information content (AvgIpc) is 2.36. The van der Waals surface area contributed by atoms with Crippen molar-refractivity contribution < 1.29 is 39.5 Å². The van der Waals surface area contributed by atoms with Crippen LogP contribution in [0.25, 0.3) is 0 Å². The van der Waals surface area contributed by atoms with Crippen LogP contribution in [0.1, 0.15) is 13.8 Å². The first-order valence-electron chi connectivity index (χ1n) is 6.05. The van der Waals surface area contributed by atoms with Crippen molar-refractivity contribution in [2.75, 3.05) is 6.61 Å². The molecule has 1 heterocycles. The van der Waals surface area contributed by atoms with Crippen molar-refractivity contribution in [3.63, 3.8) is 0 Å². The van der Waals surface area contributed by atoms with E-state index in [2.05, 4.69) is 5.32 Å². The number of aliphatic hydroxyl groups is 3. The summed E-state index contributed by atoms with van der Waals surface area (Å²) in [7, 11) is 0. The Hall–Kier alpha value is -1.26. The van der Waals surface area contributed by atoms with Crippen LogP contribution in [0, 0.1) is 0 Å². The van der Waals surface area contributed by atoms with Crippen LogP contribution in [0.3, 0.4) is 0 Å². The molecule has 116 valence electrons. The molecule has 0 aromatic carbocycles. The van der Waals surface area contributed by atoms with Gasteiger partial charge in [-0.15, -0.1) is 0 Å². The molecule has 2 unspecified atom stereocenters. The number of hydrogen-bond donors (Lipinski definition) is 5. The maximum absolute atomic E-state index is 11.1. The SMILES string of the molecule is CC(=O)NC1[C@@H](O)OC(CO)[C@@H](O)[C@H]1O[C@H](C)C(=O)O. The molecule has 0 spiro atoms. The summed E-state index contributed by atoms with van der Waals surface area (Å²) >= 11 is 0. The van der Waals surface area contributed by atoms with Crippen LogP contribution in [0.15, 0.2) is 0 Å². The number of carbonyl (C=O) groups is 2. The highest BCUT2D eigenvalue weighted by molar-refractivity contribution is 5.73. The van der Waals surface area contributed by atoms with Gasteiger partial charge in [0.1, 0.15) is 24.4 Å². The summed E-state index contributed by atoms with van der Waals surface area (Å²) in [6, 6.07) is -1.15. The lowest BCUT2D eigenvalue weighted by Gasteiger charge is -2.42. The quantitative estimate of drug-likeness (QED) is 0.371. The maximum atomic E-state index is 11.1. The molecule has 1 aliphatic heterocycles. The Labute approximate surface area is 115 Å². The van der Waals surface area contributed by atoms with E-state index in [1.807, 2.05) is 0 Å². The van der Waals surface area contributed by atoms with Crippen molar-refractivity contribution >= 4 is 11.9 Å². The van der Waals surface area contributed by atoms with Crippen LogP contribution >= 0.6 is 0 Å². The normalized spacial score (nSPS) is 35.4. The van der Waals surface area contributed by atoms with Crippen molar-refractivity contribution in [3.05, 3.63) is 0 Å². The Balaban J connectivity index is 2.92. The van der Waals surface area contributed by atoms with Crippen LogP contribution in [-0.4, -0.2) is 75.7 Å². The lowest BCUT2D eigenvalue weighted by Crippen LogP contribution is -2.65. The van der Waals surface area contributed by atoms with E-state index >= 15 is 0 Å². The molecule has 1 saturated heterocycles. The first-order chi connectivity index (χ1) is 9.27. The Morgan fingerprint density at radius 3 is 2.45 bits per heavy atom. The predicted molar refractivity (Wildman–Crippen MR) is 63.5 cm³/mol. The second kappa shape index (κ2) is 6.95. The van der Waals surface area contributed by atoms with E-state index in [-0.39, 0.29) is 0 Å². The minimum absolute atomic E-state index is 0.510. The van der Waals surface area contributed by atoms with Gasteiger partial charge in [0.2, 0.25) is 5.91 Å². The molecule has 1 rings (SSSR count). The highest BCUT2D eigenvalue weighted by Gasteiger charge is 2.46. The minimum atomic E-state index is -1.54. The summed E-state index contributed by atoms with van der Waals surface area (Å²) in [5.74, 6) is -1.77. The average molecular weight is 293 g/mol. The number of aliphatic hydroxyl groups excluding tert-OH is 3. The number of hydrogen-bond acceptors (Lipinski definition) is 7. The molecule has 0 radical (unpaired) electrons. The minimum Gasteiger partial charge on any atom is -0.479 e. The third-order valence-electron chi connectivity index (χ3n) is 2.95. The lowest BCUT2D eigenvalue weighted by molar-refractivity contribution is -0.267. The Morgan fingerprint density at radius 1 is 1.40 bits per heavy atom. The standard InChI is InChI=1S/C11H19NO8/c1-4(10(16)17)19-9-7(12-5(2)14)11(18)20-6(3-13)8(9)15/h4,6-9,11,13,15,18H,3H2,1-2H3,(H,12,14)(H,16,17)/t4-,6?,7?,8-,9+,11+/m1/s1. The molecule has 0 aromatic rings. The predicted octanol–water partition coefficient (Wildman–Crippen LogP) is -2.58. The zero-order valence-corrected chi connectivity index (χ0v) is 11.1. The van der Waals surface area contributed by atoms with Crippen molar-refractivity contribution in [2.24, 2.45) is 0 Å². The molecule has 0 aromatic heterocycles. The summed E-state index contributed by atoms with van der Waals surface area (Å²) in [5, 5.41) is 40.0. The molecule has 1 aliphatic rings. The van der Waals surface area contributed by atoms with Crippen LogP contribution in [0.5, 0.6) is 0 Å². The fraction of sp³-hybridized carbons (Fsp3) is 0.818. The van der Waals surface area contributed by atoms with E-state index in [9.17, 15) is 19.8 Å². The monoisotopic (exact) mass is 293 g/mol. The van der Waals surface area contributed by atoms with Gasteiger partial charge in [0.25, 0.3) is 0 Å². The number of aliphatic carboxylic acids is 1. The van der Waals surface area contributed by atoms with Gasteiger partial charge in [-0.05, 0) is 6.92 Å². The number of amides is 1. The van der Waals surface area contributed by atoms with Gasteiger partial charge in [-0.25, -0.2) is 4.79 Å². The van der Waals surface area contributed by atoms with Gasteiger partial charge in [-0.2, -0.15) is 0 Å². The first-order valence-corrected chi connectivity index (χ1v) is 6.05. The Bertz CT molecular complexity index is 362. The third kappa shape index (κ3) is 3.87. The molecule has 6 atom stereocenters.